The maximum atomic E-state index is 12.6. The number of hydrogen-bond acceptors (Lipinski definition) is 4. The van der Waals surface area contributed by atoms with Gasteiger partial charge in [-0.2, -0.15) is 0 Å². The van der Waals surface area contributed by atoms with Gasteiger partial charge in [0.15, 0.2) is 0 Å². The molecular weight excluding hydrogens is 438 g/mol. The molecule has 0 bridgehead atoms. The van der Waals surface area contributed by atoms with Gasteiger partial charge in [0.1, 0.15) is 5.75 Å². The van der Waals surface area contributed by atoms with Crippen LogP contribution in [0.2, 0.25) is 0 Å². The highest BCUT2D eigenvalue weighted by Crippen LogP contribution is 2.29. The molecule has 1 saturated carbocycles. The molecule has 178 valence electrons. The van der Waals surface area contributed by atoms with Crippen LogP contribution in [-0.4, -0.2) is 31.5 Å². The van der Waals surface area contributed by atoms with Crippen molar-refractivity contribution in [3.05, 3.63) is 65.2 Å². The van der Waals surface area contributed by atoms with E-state index in [1.165, 1.54) is 11.1 Å². The number of carbonyl (C=O) groups is 2. The molecule has 1 fully saturated rings. The van der Waals surface area contributed by atoms with Crippen molar-refractivity contribution >= 4 is 24.2 Å². The molecule has 2 aromatic carbocycles. The molecule has 7 heteroatoms. The lowest BCUT2D eigenvalue weighted by molar-refractivity contribution is -0.127. The Bertz CT molecular complexity index is 944. The lowest BCUT2D eigenvalue weighted by Gasteiger charge is -2.29. The molecule has 1 atom stereocenters. The van der Waals surface area contributed by atoms with Gasteiger partial charge in [0.2, 0.25) is 11.8 Å². The number of halogens is 1. The molecule has 0 aromatic heterocycles. The summed E-state index contributed by atoms with van der Waals surface area (Å²) in [7, 11) is 1.64. The van der Waals surface area contributed by atoms with Crippen molar-refractivity contribution in [2.24, 2.45) is 11.8 Å². The van der Waals surface area contributed by atoms with Crippen LogP contribution in [0.4, 0.5) is 0 Å². The first-order valence-electron chi connectivity index (χ1n) is 11.6. The number of rotatable bonds is 7. The van der Waals surface area contributed by atoms with E-state index in [-0.39, 0.29) is 36.2 Å². The van der Waals surface area contributed by atoms with Crippen LogP contribution in [0.5, 0.6) is 5.75 Å². The van der Waals surface area contributed by atoms with Gasteiger partial charge in [0, 0.05) is 31.1 Å². The van der Waals surface area contributed by atoms with E-state index in [2.05, 4.69) is 28.1 Å². The number of fused-ring (bicyclic) bond motifs is 1. The van der Waals surface area contributed by atoms with Crippen molar-refractivity contribution in [2.45, 2.75) is 51.2 Å². The van der Waals surface area contributed by atoms with Crippen molar-refractivity contribution in [3.8, 4) is 5.75 Å². The first kappa shape index (κ1) is 25.1. The average molecular weight is 472 g/mol. The Morgan fingerprint density at radius 2 is 1.64 bits per heavy atom. The summed E-state index contributed by atoms with van der Waals surface area (Å²) >= 11 is 0. The number of methoxy groups -OCH3 is 1. The fourth-order valence-electron chi connectivity index (χ4n) is 4.81. The highest BCUT2D eigenvalue weighted by molar-refractivity contribution is 5.85. The molecule has 0 unspecified atom stereocenters. The number of para-hydroxylation sites is 1. The van der Waals surface area contributed by atoms with Crippen molar-refractivity contribution in [3.63, 3.8) is 0 Å². The SMILES string of the molecule is COc1ccccc1CNC(=O)C1CCC(CNC(=O)[C@@H]2Cc3ccccc3CN2)CC1.Cl. The molecule has 4 rings (SSSR count). The minimum atomic E-state index is -0.165. The summed E-state index contributed by atoms with van der Waals surface area (Å²) in [6.45, 7) is 1.91. The van der Waals surface area contributed by atoms with Gasteiger partial charge in [-0.15, -0.1) is 12.4 Å². The first-order chi connectivity index (χ1) is 15.6. The Kier molecular flexibility index (Phi) is 9.15. The smallest absolute Gasteiger partial charge is 0.237 e. The van der Waals surface area contributed by atoms with E-state index in [9.17, 15) is 9.59 Å². The normalized spacial score (nSPS) is 21.8. The second-order valence-electron chi connectivity index (χ2n) is 8.90. The van der Waals surface area contributed by atoms with E-state index < -0.39 is 0 Å². The summed E-state index contributed by atoms with van der Waals surface area (Å²) in [5.74, 6) is 1.48. The van der Waals surface area contributed by atoms with Crippen LogP contribution in [0, 0.1) is 11.8 Å². The lowest BCUT2D eigenvalue weighted by Crippen LogP contribution is -2.48. The molecule has 1 aliphatic carbocycles. The summed E-state index contributed by atoms with van der Waals surface area (Å²) in [6.07, 6.45) is 4.41. The molecule has 3 N–H and O–H groups in total. The van der Waals surface area contributed by atoms with Gasteiger partial charge in [0.05, 0.1) is 13.2 Å². The third-order valence-electron chi connectivity index (χ3n) is 6.83. The monoisotopic (exact) mass is 471 g/mol. The number of carbonyl (C=O) groups excluding carboxylic acids is 2. The summed E-state index contributed by atoms with van der Waals surface area (Å²) in [4.78, 5) is 25.3. The Hall–Kier alpha value is -2.57. The molecule has 1 aliphatic heterocycles. The molecule has 0 saturated heterocycles. The maximum Gasteiger partial charge on any atom is 0.237 e. The van der Waals surface area contributed by atoms with Gasteiger partial charge in [0.25, 0.3) is 0 Å². The van der Waals surface area contributed by atoms with E-state index in [1.54, 1.807) is 7.11 Å². The highest BCUT2D eigenvalue weighted by Gasteiger charge is 2.28. The summed E-state index contributed by atoms with van der Waals surface area (Å²) < 4.78 is 5.35. The minimum Gasteiger partial charge on any atom is -0.496 e. The van der Waals surface area contributed by atoms with Crippen LogP contribution in [0.15, 0.2) is 48.5 Å². The van der Waals surface area contributed by atoms with Crippen LogP contribution in [0.1, 0.15) is 42.4 Å². The maximum absolute atomic E-state index is 12.6. The van der Waals surface area contributed by atoms with Crippen LogP contribution < -0.4 is 20.7 Å². The molecule has 2 aliphatic rings. The van der Waals surface area contributed by atoms with Gasteiger partial charge >= 0.3 is 0 Å². The van der Waals surface area contributed by atoms with Crippen LogP contribution in [0.25, 0.3) is 0 Å². The minimum absolute atomic E-state index is 0. The van der Waals surface area contributed by atoms with E-state index in [0.29, 0.717) is 19.0 Å². The zero-order chi connectivity index (χ0) is 22.3. The fourth-order valence-corrected chi connectivity index (χ4v) is 4.81. The zero-order valence-electron chi connectivity index (χ0n) is 19.1. The third kappa shape index (κ3) is 6.49. The number of nitrogens with one attached hydrogen (secondary N) is 3. The second-order valence-corrected chi connectivity index (χ2v) is 8.90. The molecular formula is C26H34ClN3O3. The van der Waals surface area contributed by atoms with Crippen molar-refractivity contribution in [1.82, 2.24) is 16.0 Å². The first-order valence-corrected chi connectivity index (χ1v) is 11.6. The molecule has 33 heavy (non-hydrogen) atoms. The van der Waals surface area contributed by atoms with Crippen LogP contribution in [-0.2, 0) is 29.1 Å². The van der Waals surface area contributed by atoms with E-state index in [0.717, 1.165) is 50.0 Å². The zero-order valence-corrected chi connectivity index (χ0v) is 20.0. The lowest BCUT2D eigenvalue weighted by atomic mass is 9.81. The Balaban J connectivity index is 0.00000306. The Labute approximate surface area is 202 Å². The predicted octanol–water partition coefficient (Wildman–Crippen LogP) is 3.37. The van der Waals surface area contributed by atoms with Crippen LogP contribution >= 0.6 is 12.4 Å². The van der Waals surface area contributed by atoms with E-state index in [1.807, 2.05) is 36.4 Å². The number of hydrogen-bond donors (Lipinski definition) is 3. The van der Waals surface area contributed by atoms with Crippen molar-refractivity contribution < 1.29 is 14.3 Å². The van der Waals surface area contributed by atoms with Gasteiger partial charge in [-0.25, -0.2) is 0 Å². The van der Waals surface area contributed by atoms with Gasteiger partial charge in [-0.3, -0.25) is 9.59 Å². The molecule has 2 amide bonds. The fraction of sp³-hybridized carbons (Fsp3) is 0.462. The van der Waals surface area contributed by atoms with Gasteiger partial charge in [-0.05, 0) is 55.2 Å². The molecule has 0 spiro atoms. The molecule has 1 heterocycles. The summed E-state index contributed by atoms with van der Waals surface area (Å²) in [5.41, 5.74) is 3.52. The number of ether oxygens (including phenoxy) is 1. The number of amides is 2. The van der Waals surface area contributed by atoms with Crippen molar-refractivity contribution in [1.29, 1.82) is 0 Å². The third-order valence-corrected chi connectivity index (χ3v) is 6.83. The van der Waals surface area contributed by atoms with Gasteiger partial charge < -0.3 is 20.7 Å². The predicted molar refractivity (Wildman–Crippen MR) is 131 cm³/mol. The molecule has 0 radical (unpaired) electrons. The summed E-state index contributed by atoms with van der Waals surface area (Å²) in [5, 5.41) is 9.55. The Morgan fingerprint density at radius 1 is 0.939 bits per heavy atom. The highest BCUT2D eigenvalue weighted by atomic mass is 35.5. The topological polar surface area (TPSA) is 79.5 Å². The van der Waals surface area contributed by atoms with E-state index >= 15 is 0 Å². The van der Waals surface area contributed by atoms with Crippen LogP contribution in [0.3, 0.4) is 0 Å². The largest absolute Gasteiger partial charge is 0.496 e. The van der Waals surface area contributed by atoms with E-state index in [4.69, 9.17) is 4.74 Å². The standard InChI is InChI=1S/C26H33N3O3.ClH/c1-32-24-9-5-4-8-22(24)17-29-25(30)19-12-10-18(11-13-19)15-28-26(31)23-14-20-6-2-3-7-21(20)16-27-23;/h2-9,18-19,23,27H,10-17H2,1H3,(H,28,31)(H,29,30);1H/t18?,19?,23-;/m0./s1. The average Bonchev–Trinajstić information content (AvgIpc) is 2.86. The molecule has 6 nitrogen and oxygen atoms in total. The number of benzene rings is 2. The Morgan fingerprint density at radius 3 is 2.39 bits per heavy atom. The van der Waals surface area contributed by atoms with Crippen molar-refractivity contribution in [2.75, 3.05) is 13.7 Å². The quantitative estimate of drug-likeness (QED) is 0.578. The molecule has 2 aromatic rings. The van der Waals surface area contributed by atoms with Gasteiger partial charge in [-0.1, -0.05) is 42.5 Å². The summed E-state index contributed by atoms with van der Waals surface area (Å²) in [6, 6.07) is 15.9. The second kappa shape index (κ2) is 12.1.